The molecule has 2 N–H and O–H groups in total. The quantitative estimate of drug-likeness (QED) is 0.659. The minimum Gasteiger partial charge on any atom is -0.330 e. The third-order valence-electron chi connectivity index (χ3n) is 4.18. The van der Waals surface area contributed by atoms with Gasteiger partial charge in [-0.25, -0.2) is 8.42 Å². The topological polar surface area (TPSA) is 107 Å². The van der Waals surface area contributed by atoms with Crippen LogP contribution in [-0.2, 0) is 10.0 Å². The lowest BCUT2D eigenvalue weighted by Crippen LogP contribution is -2.30. The van der Waals surface area contributed by atoms with Gasteiger partial charge in [-0.15, -0.1) is 0 Å². The number of para-hydroxylation sites is 2. The van der Waals surface area contributed by atoms with E-state index in [0.29, 0.717) is 18.7 Å². The maximum atomic E-state index is 13.1. The van der Waals surface area contributed by atoms with Crippen LogP contribution in [0.1, 0.15) is 17.9 Å². The highest BCUT2D eigenvalue weighted by molar-refractivity contribution is 7.93. The number of hydrogen-bond acceptors (Lipinski definition) is 5. The molecule has 24 heavy (non-hydrogen) atoms. The number of fused-ring (bicyclic) bond motifs is 1. The zero-order valence-corrected chi connectivity index (χ0v) is 13.6. The van der Waals surface area contributed by atoms with Gasteiger partial charge in [0.2, 0.25) is 0 Å². The Kier molecular flexibility index (Phi) is 4.25. The summed E-state index contributed by atoms with van der Waals surface area (Å²) in [4.78, 5) is 10.2. The first-order chi connectivity index (χ1) is 11.5. The average molecular weight is 347 g/mol. The van der Waals surface area contributed by atoms with Gasteiger partial charge in [0.25, 0.3) is 15.7 Å². The van der Waals surface area contributed by atoms with Gasteiger partial charge in [0.1, 0.15) is 0 Å². The summed E-state index contributed by atoms with van der Waals surface area (Å²) in [5, 5.41) is 11.2. The molecule has 1 unspecified atom stereocenters. The number of nitro benzene ring substituents is 1. The number of hydrogen-bond donors (Lipinski definition) is 1. The Hall–Kier alpha value is -2.45. The zero-order chi connectivity index (χ0) is 17.3. The van der Waals surface area contributed by atoms with Gasteiger partial charge in [-0.3, -0.25) is 14.4 Å². The Labute approximate surface area is 139 Å². The van der Waals surface area contributed by atoms with E-state index in [1.165, 1.54) is 28.6 Å². The maximum absolute atomic E-state index is 13.1. The molecule has 0 fully saturated rings. The van der Waals surface area contributed by atoms with Crippen molar-refractivity contribution in [3.05, 3.63) is 64.2 Å². The Morgan fingerprint density at radius 2 is 1.83 bits per heavy atom. The summed E-state index contributed by atoms with van der Waals surface area (Å²) in [5.74, 6) is -0.0104. The molecule has 126 valence electrons. The van der Waals surface area contributed by atoms with Gasteiger partial charge in [-0.05, 0) is 30.7 Å². The van der Waals surface area contributed by atoms with Gasteiger partial charge in [0.05, 0.1) is 10.6 Å². The monoisotopic (exact) mass is 347 g/mol. The fraction of sp³-hybridized carbons (Fsp3) is 0.250. The van der Waals surface area contributed by atoms with Gasteiger partial charge in [0.15, 0.2) is 4.90 Å². The Bertz CT molecular complexity index is 882. The van der Waals surface area contributed by atoms with Gasteiger partial charge < -0.3 is 5.73 Å². The van der Waals surface area contributed by atoms with Crippen LogP contribution in [0.3, 0.4) is 0 Å². The SMILES string of the molecule is NCCC1CN(S(=O)(=O)c2ccccc2[N+](=O)[O-])c2ccccc21. The predicted octanol–water partition coefficient (Wildman–Crippen LogP) is 2.24. The summed E-state index contributed by atoms with van der Waals surface area (Å²) in [6.07, 6.45) is 0.653. The van der Waals surface area contributed by atoms with E-state index in [1.54, 1.807) is 12.1 Å². The van der Waals surface area contributed by atoms with Crippen LogP contribution in [0.25, 0.3) is 0 Å². The van der Waals surface area contributed by atoms with Crippen LogP contribution < -0.4 is 10.0 Å². The second-order valence-corrected chi connectivity index (χ2v) is 7.42. The molecule has 7 nitrogen and oxygen atoms in total. The van der Waals surface area contributed by atoms with Crippen LogP contribution in [-0.4, -0.2) is 26.4 Å². The number of nitrogens with zero attached hydrogens (tertiary/aromatic N) is 2. The Morgan fingerprint density at radius 3 is 2.54 bits per heavy atom. The molecule has 8 heteroatoms. The van der Waals surface area contributed by atoms with E-state index < -0.39 is 20.6 Å². The van der Waals surface area contributed by atoms with E-state index in [-0.39, 0.29) is 17.4 Å². The van der Waals surface area contributed by atoms with Gasteiger partial charge in [-0.2, -0.15) is 0 Å². The highest BCUT2D eigenvalue weighted by Gasteiger charge is 2.38. The smallest absolute Gasteiger partial charge is 0.289 e. The van der Waals surface area contributed by atoms with Gasteiger partial charge in [0, 0.05) is 18.5 Å². The number of rotatable bonds is 5. The molecule has 1 heterocycles. The summed E-state index contributed by atoms with van der Waals surface area (Å²) < 4.78 is 27.4. The van der Waals surface area contributed by atoms with Crippen LogP contribution in [0.15, 0.2) is 53.4 Å². The third kappa shape index (κ3) is 2.63. The van der Waals surface area contributed by atoms with Crippen molar-refractivity contribution < 1.29 is 13.3 Å². The molecule has 2 aromatic rings. The van der Waals surface area contributed by atoms with E-state index in [4.69, 9.17) is 5.73 Å². The highest BCUT2D eigenvalue weighted by Crippen LogP contribution is 2.41. The molecule has 2 aromatic carbocycles. The highest BCUT2D eigenvalue weighted by atomic mass is 32.2. The maximum Gasteiger partial charge on any atom is 0.289 e. The molecule has 0 spiro atoms. The summed E-state index contributed by atoms with van der Waals surface area (Å²) in [7, 11) is -4.03. The average Bonchev–Trinajstić information content (AvgIpc) is 2.95. The number of benzene rings is 2. The van der Waals surface area contributed by atoms with Crippen molar-refractivity contribution in [2.75, 3.05) is 17.4 Å². The molecular formula is C16H17N3O4S. The molecule has 1 aliphatic heterocycles. The molecule has 0 saturated heterocycles. The first kappa shape index (κ1) is 16.4. The lowest BCUT2D eigenvalue weighted by Gasteiger charge is -2.20. The number of anilines is 1. The second kappa shape index (κ2) is 6.21. The van der Waals surface area contributed by atoms with Crippen molar-refractivity contribution in [1.29, 1.82) is 0 Å². The largest absolute Gasteiger partial charge is 0.330 e. The van der Waals surface area contributed by atoms with Crippen molar-refractivity contribution in [3.63, 3.8) is 0 Å². The molecule has 0 bridgehead atoms. The fourth-order valence-corrected chi connectivity index (χ4v) is 4.77. The first-order valence-electron chi connectivity index (χ1n) is 7.52. The zero-order valence-electron chi connectivity index (χ0n) is 12.8. The molecule has 0 aliphatic carbocycles. The van der Waals surface area contributed by atoms with Crippen LogP contribution >= 0.6 is 0 Å². The standard InChI is InChI=1S/C16H17N3O4S/c17-10-9-12-11-18(14-6-2-1-5-13(12)14)24(22,23)16-8-4-3-7-15(16)19(20)21/h1-8,12H,9-11,17H2. The lowest BCUT2D eigenvalue weighted by molar-refractivity contribution is -0.387. The van der Waals surface area contributed by atoms with Crippen molar-refractivity contribution in [2.45, 2.75) is 17.2 Å². The number of nitrogens with two attached hydrogens (primary N) is 1. The Morgan fingerprint density at radius 1 is 1.17 bits per heavy atom. The summed E-state index contributed by atoms with van der Waals surface area (Å²) in [6, 6.07) is 12.6. The predicted molar refractivity (Wildman–Crippen MR) is 90.5 cm³/mol. The fourth-order valence-electron chi connectivity index (χ4n) is 3.08. The minimum atomic E-state index is -4.03. The van der Waals surface area contributed by atoms with E-state index in [9.17, 15) is 18.5 Å². The Balaban J connectivity index is 2.11. The third-order valence-corrected chi connectivity index (χ3v) is 6.00. The van der Waals surface area contributed by atoms with Crippen LogP contribution in [0.5, 0.6) is 0 Å². The van der Waals surface area contributed by atoms with Crippen LogP contribution in [0, 0.1) is 10.1 Å². The molecule has 0 aromatic heterocycles. The molecule has 3 rings (SSSR count). The molecular weight excluding hydrogens is 330 g/mol. The van der Waals surface area contributed by atoms with E-state index in [2.05, 4.69) is 0 Å². The van der Waals surface area contributed by atoms with E-state index >= 15 is 0 Å². The summed E-state index contributed by atoms with van der Waals surface area (Å²) >= 11 is 0. The molecule has 1 aliphatic rings. The number of nitro groups is 1. The molecule has 1 atom stereocenters. The van der Waals surface area contributed by atoms with E-state index in [0.717, 1.165) is 5.56 Å². The number of sulfonamides is 1. The summed E-state index contributed by atoms with van der Waals surface area (Å²) in [6.45, 7) is 0.684. The normalized spacial score (nSPS) is 16.9. The van der Waals surface area contributed by atoms with Crippen molar-refractivity contribution in [1.82, 2.24) is 0 Å². The molecule has 0 saturated carbocycles. The first-order valence-corrected chi connectivity index (χ1v) is 8.96. The van der Waals surface area contributed by atoms with Crippen molar-refractivity contribution >= 4 is 21.4 Å². The summed E-state index contributed by atoms with van der Waals surface area (Å²) in [5.41, 5.74) is 6.69. The molecule has 0 radical (unpaired) electrons. The van der Waals surface area contributed by atoms with Crippen LogP contribution in [0.4, 0.5) is 11.4 Å². The van der Waals surface area contributed by atoms with Crippen molar-refractivity contribution in [3.8, 4) is 0 Å². The van der Waals surface area contributed by atoms with Gasteiger partial charge >= 0.3 is 0 Å². The molecule has 0 amide bonds. The van der Waals surface area contributed by atoms with Gasteiger partial charge in [-0.1, -0.05) is 30.3 Å². The lowest BCUT2D eigenvalue weighted by atomic mass is 9.98. The van der Waals surface area contributed by atoms with E-state index in [1.807, 2.05) is 12.1 Å². The van der Waals surface area contributed by atoms with Crippen molar-refractivity contribution in [2.24, 2.45) is 5.73 Å². The van der Waals surface area contributed by atoms with Crippen LogP contribution in [0.2, 0.25) is 0 Å². The second-order valence-electron chi connectivity index (χ2n) is 5.59. The minimum absolute atomic E-state index is 0.0104.